The Hall–Kier alpha value is -1.38. The maximum atomic E-state index is 2.25. The first-order valence-electron chi connectivity index (χ1n) is 5.20. The molecule has 0 nitrogen and oxygen atoms in total. The van der Waals surface area contributed by atoms with Gasteiger partial charge in [-0.3, -0.25) is 0 Å². The fraction of sp³-hybridized carbons (Fsp3) is 0. The summed E-state index contributed by atoms with van der Waals surface area (Å²) in [5, 5.41) is 4.34. The van der Waals surface area contributed by atoms with E-state index in [9.17, 15) is 0 Å². The number of thiophene rings is 2. The Bertz CT molecular complexity index is 604. The second-order valence-corrected chi connectivity index (χ2v) is 5.76. The van der Waals surface area contributed by atoms with E-state index in [-0.39, 0.29) is 0 Å². The maximum absolute atomic E-state index is 2.25. The zero-order valence-electron chi connectivity index (χ0n) is 8.44. The van der Waals surface area contributed by atoms with E-state index >= 15 is 0 Å². The molecule has 2 heterocycles. The quantitative estimate of drug-likeness (QED) is 0.622. The van der Waals surface area contributed by atoms with Crippen LogP contribution in [0.25, 0.3) is 23.3 Å². The van der Waals surface area contributed by atoms with Crippen molar-refractivity contribution in [2.24, 2.45) is 0 Å². The van der Waals surface area contributed by atoms with Gasteiger partial charge < -0.3 is 0 Å². The van der Waals surface area contributed by atoms with Gasteiger partial charge in [-0.1, -0.05) is 18.2 Å². The molecule has 2 aromatic rings. The average Bonchev–Trinajstić information content (AvgIpc) is 2.97. The van der Waals surface area contributed by atoms with Crippen LogP contribution in [0.15, 0.2) is 35.0 Å². The molecule has 0 amide bonds. The second-order valence-electron chi connectivity index (χ2n) is 3.90. The van der Waals surface area contributed by atoms with Crippen LogP contribution in [0.3, 0.4) is 0 Å². The number of allylic oxidation sites excluding steroid dienone is 4. The molecule has 16 heavy (non-hydrogen) atoms. The smallest absolute Gasteiger partial charge is 0.0421 e. The third-order valence-corrected chi connectivity index (χ3v) is 4.89. The van der Waals surface area contributed by atoms with Gasteiger partial charge in [0.1, 0.15) is 0 Å². The summed E-state index contributed by atoms with van der Waals surface area (Å²) < 4.78 is 0. The fourth-order valence-electron chi connectivity index (χ4n) is 2.29. The highest BCUT2D eigenvalue weighted by Gasteiger charge is 2.20. The van der Waals surface area contributed by atoms with Gasteiger partial charge in [-0.05, 0) is 40.1 Å². The summed E-state index contributed by atoms with van der Waals surface area (Å²) in [5.74, 6) is 0. The molecule has 0 fully saturated rings. The van der Waals surface area contributed by atoms with Gasteiger partial charge in [0.05, 0.1) is 0 Å². The molecule has 2 aromatic heterocycles. The Labute approximate surface area is 102 Å². The molecule has 0 saturated heterocycles. The summed E-state index contributed by atoms with van der Waals surface area (Å²) in [6.45, 7) is 0. The van der Waals surface area contributed by atoms with E-state index < -0.39 is 0 Å². The zero-order chi connectivity index (χ0) is 10.5. The molecule has 0 saturated carbocycles. The third kappa shape index (κ3) is 1.03. The van der Waals surface area contributed by atoms with E-state index in [2.05, 4.69) is 47.2 Å². The molecule has 2 heteroatoms. The van der Waals surface area contributed by atoms with E-state index in [4.69, 9.17) is 0 Å². The molecule has 0 aliphatic heterocycles. The van der Waals surface area contributed by atoms with Crippen molar-refractivity contribution < 1.29 is 0 Å². The van der Waals surface area contributed by atoms with Crippen LogP contribution in [0, 0.1) is 0 Å². The van der Waals surface area contributed by atoms with Crippen molar-refractivity contribution in [3.05, 3.63) is 55.9 Å². The minimum Gasteiger partial charge on any atom is -0.144 e. The summed E-state index contributed by atoms with van der Waals surface area (Å²) in [5.41, 5.74) is 5.53. The van der Waals surface area contributed by atoms with Gasteiger partial charge in [0.25, 0.3) is 0 Å². The molecule has 2 aliphatic carbocycles. The van der Waals surface area contributed by atoms with Crippen LogP contribution in [-0.4, -0.2) is 0 Å². The highest BCUT2D eigenvalue weighted by molar-refractivity contribution is 7.12. The van der Waals surface area contributed by atoms with E-state index in [0.29, 0.717) is 0 Å². The number of hydrogen-bond acceptors (Lipinski definition) is 2. The lowest BCUT2D eigenvalue weighted by Gasteiger charge is -2.01. The van der Waals surface area contributed by atoms with Gasteiger partial charge >= 0.3 is 0 Å². The first-order chi connectivity index (χ1) is 7.93. The lowest BCUT2D eigenvalue weighted by atomic mass is 10.0. The Balaban J connectivity index is 2.02. The Morgan fingerprint density at radius 1 is 0.750 bits per heavy atom. The lowest BCUT2D eigenvalue weighted by Crippen LogP contribution is -1.80. The van der Waals surface area contributed by atoms with E-state index in [0.717, 1.165) is 0 Å². The van der Waals surface area contributed by atoms with Crippen molar-refractivity contribution in [3.63, 3.8) is 0 Å². The molecule has 0 radical (unpaired) electrons. The zero-order valence-corrected chi connectivity index (χ0v) is 10.1. The molecule has 0 spiro atoms. The second kappa shape index (κ2) is 3.06. The van der Waals surface area contributed by atoms with Crippen LogP contribution in [0.4, 0.5) is 0 Å². The van der Waals surface area contributed by atoms with Crippen molar-refractivity contribution in [1.29, 1.82) is 0 Å². The van der Waals surface area contributed by atoms with Gasteiger partial charge in [0.2, 0.25) is 0 Å². The number of rotatable bonds is 0. The van der Waals surface area contributed by atoms with E-state index in [1.54, 1.807) is 0 Å². The molecule has 0 atom stereocenters. The van der Waals surface area contributed by atoms with Crippen molar-refractivity contribution >= 4 is 46.0 Å². The average molecular weight is 240 g/mol. The highest BCUT2D eigenvalue weighted by atomic mass is 32.1. The van der Waals surface area contributed by atoms with Crippen LogP contribution in [0.2, 0.25) is 0 Å². The highest BCUT2D eigenvalue weighted by Crippen LogP contribution is 2.43. The molecule has 76 valence electrons. The van der Waals surface area contributed by atoms with Gasteiger partial charge in [0.15, 0.2) is 0 Å². The van der Waals surface area contributed by atoms with Crippen LogP contribution in [0.1, 0.15) is 20.9 Å². The molecular formula is C14H8S2. The van der Waals surface area contributed by atoms with Crippen molar-refractivity contribution in [2.45, 2.75) is 0 Å². The minimum absolute atomic E-state index is 1.37. The topological polar surface area (TPSA) is 0 Å². The Kier molecular flexibility index (Phi) is 1.67. The van der Waals surface area contributed by atoms with Crippen LogP contribution in [0.5, 0.6) is 0 Å². The van der Waals surface area contributed by atoms with Crippen LogP contribution >= 0.6 is 22.7 Å². The number of fused-ring (bicyclic) bond motifs is 2. The summed E-state index contributed by atoms with van der Waals surface area (Å²) in [6, 6.07) is 4.42. The largest absolute Gasteiger partial charge is 0.144 e. The first kappa shape index (κ1) is 8.74. The third-order valence-electron chi connectivity index (χ3n) is 3.05. The van der Waals surface area contributed by atoms with Gasteiger partial charge in [-0.25, -0.2) is 0 Å². The summed E-state index contributed by atoms with van der Waals surface area (Å²) in [6.07, 6.45) is 8.93. The molecule has 0 N–H and O–H groups in total. The van der Waals surface area contributed by atoms with Crippen LogP contribution in [-0.2, 0) is 0 Å². The summed E-state index contributed by atoms with van der Waals surface area (Å²) >= 11 is 3.65. The molecule has 0 bridgehead atoms. The van der Waals surface area contributed by atoms with Gasteiger partial charge in [-0.15, -0.1) is 22.7 Å². The monoisotopic (exact) mass is 240 g/mol. The first-order valence-corrected chi connectivity index (χ1v) is 6.95. The molecule has 2 aliphatic rings. The Morgan fingerprint density at radius 3 is 2.62 bits per heavy atom. The minimum atomic E-state index is 1.37. The Morgan fingerprint density at radius 2 is 1.62 bits per heavy atom. The van der Waals surface area contributed by atoms with Gasteiger partial charge in [-0.2, -0.15) is 0 Å². The lowest BCUT2D eigenvalue weighted by molar-refractivity contribution is 1.79. The van der Waals surface area contributed by atoms with Crippen molar-refractivity contribution in [2.75, 3.05) is 0 Å². The fourth-order valence-corrected chi connectivity index (χ4v) is 4.02. The standard InChI is InChI=1S/C14H8S2/c1-2-12(14-9(1)5-7-16-14)10-3-4-13-11(10)6-8-15-13/h1-8H/b12-10-. The van der Waals surface area contributed by atoms with Crippen molar-refractivity contribution in [1.82, 2.24) is 0 Å². The summed E-state index contributed by atoms with van der Waals surface area (Å²) in [7, 11) is 0. The van der Waals surface area contributed by atoms with E-state index in [1.807, 2.05) is 22.7 Å². The van der Waals surface area contributed by atoms with Crippen molar-refractivity contribution in [3.8, 4) is 0 Å². The normalized spacial score (nSPS) is 20.5. The van der Waals surface area contributed by atoms with Gasteiger partial charge in [0, 0.05) is 20.9 Å². The molecule has 0 unspecified atom stereocenters. The molecular weight excluding hydrogens is 232 g/mol. The van der Waals surface area contributed by atoms with Crippen LogP contribution < -0.4 is 0 Å². The molecule has 4 rings (SSSR count). The predicted molar refractivity (Wildman–Crippen MR) is 73.5 cm³/mol. The SMILES string of the molecule is C1=Cc2sccc2/C1=C1/C=Cc2ccsc21. The summed E-state index contributed by atoms with van der Waals surface area (Å²) in [4.78, 5) is 2.81. The van der Waals surface area contributed by atoms with E-state index in [1.165, 1.54) is 32.0 Å². The maximum Gasteiger partial charge on any atom is 0.0421 e. The predicted octanol–water partition coefficient (Wildman–Crippen LogP) is 4.77. The number of hydrogen-bond donors (Lipinski definition) is 0. The molecule has 0 aromatic carbocycles.